The molecule has 0 atom stereocenters. The number of nitriles is 1. The molecule has 2 N–H and O–H groups in total. The average Bonchev–Trinajstić information content (AvgIpc) is 2.73. The van der Waals surface area contributed by atoms with Gasteiger partial charge in [0.15, 0.2) is 5.69 Å². The number of halogens is 7. The first kappa shape index (κ1) is 19.0. The van der Waals surface area contributed by atoms with Crippen molar-refractivity contribution in [1.29, 1.82) is 5.26 Å². The Kier molecular flexibility index (Phi) is 5.16. The second kappa shape index (κ2) is 6.52. The van der Waals surface area contributed by atoms with E-state index in [0.717, 1.165) is 16.8 Å². The van der Waals surface area contributed by atoms with Gasteiger partial charge in [0, 0.05) is 0 Å². The molecule has 0 unspecified atom stereocenters. The van der Waals surface area contributed by atoms with Crippen LogP contribution in [0.4, 0.5) is 23.4 Å². The lowest BCUT2D eigenvalue weighted by atomic mass is 10.2. The Morgan fingerprint density at radius 3 is 2.33 bits per heavy atom. The molecule has 0 bridgehead atoms. The fourth-order valence-electron chi connectivity index (χ4n) is 1.74. The minimum Gasteiger partial charge on any atom is -0.383 e. The van der Waals surface area contributed by atoms with E-state index in [0.29, 0.717) is 6.07 Å². The molecule has 0 aliphatic heterocycles. The van der Waals surface area contributed by atoms with Crippen molar-refractivity contribution in [2.75, 3.05) is 5.73 Å². The Balaban J connectivity index is 2.57. The molecule has 12 heteroatoms. The molecule has 2 aromatic rings. The highest BCUT2D eigenvalue weighted by Gasteiger charge is 2.32. The summed E-state index contributed by atoms with van der Waals surface area (Å²) in [6, 6.07) is 4.13. The van der Waals surface area contributed by atoms with Crippen molar-refractivity contribution in [2.45, 2.75) is 15.0 Å². The van der Waals surface area contributed by atoms with Gasteiger partial charge in [-0.25, -0.2) is 4.68 Å². The Labute approximate surface area is 152 Å². The van der Waals surface area contributed by atoms with Crippen molar-refractivity contribution in [2.24, 2.45) is 0 Å². The van der Waals surface area contributed by atoms with Gasteiger partial charge in [-0.3, -0.25) is 0 Å². The smallest absolute Gasteiger partial charge is 0.383 e. The van der Waals surface area contributed by atoms with Gasteiger partial charge >= 0.3 is 10.1 Å². The Morgan fingerprint density at radius 2 is 1.88 bits per heavy atom. The number of nitrogen functional groups attached to an aromatic ring is 1. The molecule has 1 aromatic heterocycles. The van der Waals surface area contributed by atoms with E-state index in [9.17, 15) is 17.6 Å². The van der Waals surface area contributed by atoms with Gasteiger partial charge in [0.1, 0.15) is 11.9 Å². The standard InChI is InChI=1S/C12H5Cl3F4N4S/c13-6-3-5(11(16,17)18)1-2-8(6)23-10(21)9(7(4-20)22-23)24-12(14,15)19/h1-3H,21H2. The van der Waals surface area contributed by atoms with E-state index in [1.165, 1.54) is 0 Å². The number of alkyl halides is 6. The highest BCUT2D eigenvalue weighted by atomic mass is 35.5. The third-order valence-electron chi connectivity index (χ3n) is 2.70. The van der Waals surface area contributed by atoms with Gasteiger partial charge < -0.3 is 5.73 Å². The minimum absolute atomic E-state index is 0.0286. The molecule has 1 aromatic carbocycles. The van der Waals surface area contributed by atoms with E-state index in [1.54, 1.807) is 6.07 Å². The second-order valence-corrected chi connectivity index (χ2v) is 7.56. The lowest BCUT2D eigenvalue weighted by molar-refractivity contribution is -0.137. The van der Waals surface area contributed by atoms with E-state index in [2.05, 4.69) is 5.10 Å². The van der Waals surface area contributed by atoms with Crippen LogP contribution in [0.25, 0.3) is 5.69 Å². The van der Waals surface area contributed by atoms with Crippen molar-refractivity contribution in [3.63, 3.8) is 0 Å². The van der Waals surface area contributed by atoms with Crippen LogP contribution in [-0.2, 0) is 6.18 Å². The van der Waals surface area contributed by atoms with Gasteiger partial charge in [-0.1, -0.05) is 34.8 Å². The predicted octanol–water partition coefficient (Wildman–Crippen LogP) is 5.15. The molecule has 2 rings (SSSR count). The lowest BCUT2D eigenvalue weighted by Crippen LogP contribution is -2.07. The van der Waals surface area contributed by atoms with E-state index in [1.807, 2.05) is 0 Å². The first-order chi connectivity index (χ1) is 10.9. The van der Waals surface area contributed by atoms with Gasteiger partial charge in [-0.2, -0.15) is 27.9 Å². The zero-order chi connectivity index (χ0) is 18.3. The van der Waals surface area contributed by atoms with Crippen LogP contribution in [0.15, 0.2) is 23.1 Å². The average molecular weight is 420 g/mol. The lowest BCUT2D eigenvalue weighted by Gasteiger charge is -2.11. The van der Waals surface area contributed by atoms with Crippen molar-refractivity contribution >= 4 is 52.4 Å². The number of hydrogen-bond donors (Lipinski definition) is 1. The van der Waals surface area contributed by atoms with E-state index >= 15 is 0 Å². The minimum atomic E-state index is -4.58. The fourth-order valence-corrected chi connectivity index (χ4v) is 3.07. The van der Waals surface area contributed by atoms with Crippen LogP contribution >= 0.6 is 46.6 Å². The van der Waals surface area contributed by atoms with E-state index in [4.69, 9.17) is 45.8 Å². The molecule has 4 nitrogen and oxygen atoms in total. The highest BCUT2D eigenvalue weighted by Crippen LogP contribution is 2.45. The summed E-state index contributed by atoms with van der Waals surface area (Å²) in [7, 11) is 0. The number of hydrogen-bond acceptors (Lipinski definition) is 4. The molecule has 1 heterocycles. The van der Waals surface area contributed by atoms with Crippen LogP contribution in [0, 0.1) is 11.3 Å². The summed E-state index contributed by atoms with van der Waals surface area (Å²) in [6.07, 6.45) is -4.58. The van der Waals surface area contributed by atoms with Gasteiger partial charge in [-0.15, -0.1) is 0 Å². The number of anilines is 1. The largest absolute Gasteiger partial charge is 0.416 e. The molecule has 0 amide bonds. The SMILES string of the molecule is N#Cc1nn(-c2ccc(C(F)(F)F)cc2Cl)c(N)c1SC(F)(Cl)Cl. The Bertz CT molecular complexity index is 823. The maximum atomic E-state index is 13.4. The molecule has 0 radical (unpaired) electrons. The molecule has 0 fully saturated rings. The van der Waals surface area contributed by atoms with Crippen LogP contribution < -0.4 is 5.73 Å². The summed E-state index contributed by atoms with van der Waals surface area (Å²) >= 11 is 16.5. The van der Waals surface area contributed by atoms with Crippen LogP contribution in [-0.4, -0.2) is 13.7 Å². The van der Waals surface area contributed by atoms with E-state index < -0.39 is 15.7 Å². The zero-order valence-corrected chi connectivity index (χ0v) is 14.3. The summed E-state index contributed by atoms with van der Waals surface area (Å²) in [5.41, 5.74) is 4.47. The molecular formula is C12H5Cl3F4N4S. The number of benzene rings is 1. The summed E-state index contributed by atoms with van der Waals surface area (Å²) in [5.74, 6) is -0.249. The Morgan fingerprint density at radius 1 is 1.25 bits per heavy atom. The number of nitrogens with zero attached hydrogens (tertiary/aromatic N) is 3. The summed E-state index contributed by atoms with van der Waals surface area (Å²) in [5, 5.41) is 12.5. The normalized spacial score (nSPS) is 12.2. The molecule has 0 saturated heterocycles. The molecule has 128 valence electrons. The molecule has 0 aliphatic rings. The maximum Gasteiger partial charge on any atom is 0.416 e. The second-order valence-electron chi connectivity index (χ2n) is 4.30. The van der Waals surface area contributed by atoms with Gasteiger partial charge in [0.2, 0.25) is 0 Å². The Hall–Kier alpha value is -1.34. The molecule has 0 spiro atoms. The third-order valence-corrected chi connectivity index (χ3v) is 4.31. The zero-order valence-electron chi connectivity index (χ0n) is 11.2. The molecule has 0 saturated carbocycles. The highest BCUT2D eigenvalue weighted by molar-refractivity contribution is 8.03. The topological polar surface area (TPSA) is 67.6 Å². The number of nitrogens with two attached hydrogens (primary N) is 1. The molecule has 24 heavy (non-hydrogen) atoms. The van der Waals surface area contributed by atoms with Crippen LogP contribution in [0.5, 0.6) is 0 Å². The van der Waals surface area contributed by atoms with Gasteiger partial charge in [0.25, 0.3) is 0 Å². The van der Waals surface area contributed by atoms with Crippen molar-refractivity contribution in [1.82, 2.24) is 9.78 Å². The molecule has 0 aliphatic carbocycles. The van der Waals surface area contributed by atoms with Crippen LogP contribution in [0.1, 0.15) is 11.3 Å². The van der Waals surface area contributed by atoms with Crippen LogP contribution in [0.2, 0.25) is 5.02 Å². The molecular weight excluding hydrogens is 415 g/mol. The summed E-state index contributed by atoms with van der Waals surface area (Å²) in [4.78, 5) is -0.166. The first-order valence-electron chi connectivity index (χ1n) is 5.85. The van der Waals surface area contributed by atoms with E-state index in [-0.39, 0.29) is 38.9 Å². The third kappa shape index (κ3) is 4.00. The van der Waals surface area contributed by atoms with Crippen molar-refractivity contribution in [3.8, 4) is 11.8 Å². The summed E-state index contributed by atoms with van der Waals surface area (Å²) in [6.45, 7) is 0. The monoisotopic (exact) mass is 418 g/mol. The number of aromatic nitrogens is 2. The van der Waals surface area contributed by atoms with Crippen molar-refractivity contribution in [3.05, 3.63) is 34.5 Å². The van der Waals surface area contributed by atoms with Crippen LogP contribution in [0.3, 0.4) is 0 Å². The summed E-state index contributed by atoms with van der Waals surface area (Å²) < 4.78 is 49.5. The fraction of sp³-hybridized carbons (Fsp3) is 0.167. The van der Waals surface area contributed by atoms with Gasteiger partial charge in [-0.05, 0) is 30.0 Å². The predicted molar refractivity (Wildman–Crippen MR) is 84.1 cm³/mol. The quantitative estimate of drug-likeness (QED) is 0.424. The number of rotatable bonds is 3. The van der Waals surface area contributed by atoms with Crippen molar-refractivity contribution < 1.29 is 17.6 Å². The first-order valence-corrected chi connectivity index (χ1v) is 7.80. The number of thioether (sulfide) groups is 1. The maximum absolute atomic E-state index is 13.4. The van der Waals surface area contributed by atoms with Gasteiger partial charge in [0.05, 0.1) is 21.2 Å².